The molecular weight excluding hydrogens is 346 g/mol. The van der Waals surface area contributed by atoms with Gasteiger partial charge in [0.15, 0.2) is 0 Å². The van der Waals surface area contributed by atoms with Crippen molar-refractivity contribution in [2.24, 2.45) is 46.2 Å². The van der Waals surface area contributed by atoms with Crippen LogP contribution in [0.3, 0.4) is 0 Å². The van der Waals surface area contributed by atoms with E-state index in [9.17, 15) is 10.2 Å². The molecule has 8 atom stereocenters. The van der Waals surface area contributed by atoms with Crippen LogP contribution in [0.15, 0.2) is 0 Å². The minimum atomic E-state index is -0.506. The standard InChI is InChI=1S/C25H45NO2/c1-24(17-7-4-3-5-8-17)14-12-20-18(19(24)9-6-16-26)10-11-21-23(28)22(27)13-15-25(20,21)2/h17-23,27-28H,3-16,26H2,1-2H3/t18?,19-,20-,21?,22-,23+,24?,25+/m0/s1. The summed E-state index contributed by atoms with van der Waals surface area (Å²) in [4.78, 5) is 0. The Balaban J connectivity index is 1.61. The molecule has 4 aliphatic carbocycles. The number of fused-ring (bicyclic) bond motifs is 3. The molecule has 4 N–H and O–H groups in total. The fraction of sp³-hybridized carbons (Fsp3) is 1.00. The van der Waals surface area contributed by atoms with Gasteiger partial charge in [0.1, 0.15) is 0 Å². The molecule has 28 heavy (non-hydrogen) atoms. The normalized spacial score (nSPS) is 50.0. The molecule has 0 amide bonds. The maximum atomic E-state index is 10.8. The molecule has 4 aliphatic rings. The van der Waals surface area contributed by atoms with Crippen molar-refractivity contribution in [2.75, 3.05) is 6.54 Å². The molecular formula is C25H45NO2. The first-order valence-electron chi connectivity index (χ1n) is 12.5. The lowest BCUT2D eigenvalue weighted by molar-refractivity contribution is -0.182. The molecule has 0 spiro atoms. The Morgan fingerprint density at radius 3 is 2.25 bits per heavy atom. The molecule has 0 radical (unpaired) electrons. The van der Waals surface area contributed by atoms with E-state index in [1.807, 2.05) is 0 Å². The van der Waals surface area contributed by atoms with Gasteiger partial charge in [0, 0.05) is 0 Å². The maximum Gasteiger partial charge on any atom is 0.0832 e. The molecule has 0 aliphatic heterocycles. The molecule has 0 heterocycles. The summed E-state index contributed by atoms with van der Waals surface area (Å²) in [5, 5.41) is 21.1. The van der Waals surface area contributed by atoms with Gasteiger partial charge in [-0.3, -0.25) is 0 Å². The zero-order chi connectivity index (χ0) is 19.9. The van der Waals surface area contributed by atoms with Crippen molar-refractivity contribution in [3.63, 3.8) is 0 Å². The number of aliphatic hydroxyl groups is 2. The Labute approximate surface area is 172 Å². The smallest absolute Gasteiger partial charge is 0.0832 e. The van der Waals surface area contributed by atoms with Gasteiger partial charge in [-0.25, -0.2) is 0 Å². The molecule has 4 rings (SSSR count). The van der Waals surface area contributed by atoms with E-state index in [-0.39, 0.29) is 5.41 Å². The number of hydrogen-bond donors (Lipinski definition) is 3. The van der Waals surface area contributed by atoms with E-state index in [1.54, 1.807) is 0 Å². The summed E-state index contributed by atoms with van der Waals surface area (Å²) in [7, 11) is 0. The van der Waals surface area contributed by atoms with Crippen LogP contribution in [0.2, 0.25) is 0 Å². The van der Waals surface area contributed by atoms with Crippen LogP contribution in [0.25, 0.3) is 0 Å². The Bertz CT molecular complexity index is 533. The Kier molecular flexibility index (Phi) is 6.18. The highest BCUT2D eigenvalue weighted by atomic mass is 16.3. The number of hydrogen-bond acceptors (Lipinski definition) is 3. The van der Waals surface area contributed by atoms with Crippen molar-refractivity contribution in [1.82, 2.24) is 0 Å². The van der Waals surface area contributed by atoms with E-state index in [0.29, 0.717) is 11.3 Å². The van der Waals surface area contributed by atoms with Gasteiger partial charge in [0.25, 0.3) is 0 Å². The van der Waals surface area contributed by atoms with E-state index in [4.69, 9.17) is 5.73 Å². The van der Waals surface area contributed by atoms with Gasteiger partial charge in [-0.05, 0) is 111 Å². The van der Waals surface area contributed by atoms with Crippen LogP contribution in [-0.2, 0) is 0 Å². The van der Waals surface area contributed by atoms with Gasteiger partial charge in [-0.2, -0.15) is 0 Å². The number of aliphatic hydroxyl groups excluding tert-OH is 2. The van der Waals surface area contributed by atoms with Crippen molar-refractivity contribution in [3.05, 3.63) is 0 Å². The van der Waals surface area contributed by atoms with Crippen LogP contribution < -0.4 is 5.73 Å². The van der Waals surface area contributed by atoms with Crippen molar-refractivity contribution in [2.45, 2.75) is 110 Å². The van der Waals surface area contributed by atoms with Gasteiger partial charge in [-0.1, -0.05) is 33.1 Å². The molecule has 3 unspecified atom stereocenters. The van der Waals surface area contributed by atoms with Gasteiger partial charge in [0.05, 0.1) is 12.2 Å². The van der Waals surface area contributed by atoms with Crippen LogP contribution in [-0.4, -0.2) is 29.0 Å². The SMILES string of the molecule is CC1(C2CCCCC2)CC[C@H]2C(CCC3[C@@H](O)[C@@H](O)CC[C@@]32C)[C@@H]1CCCN. The Hall–Kier alpha value is -0.120. The molecule has 3 heteroatoms. The highest BCUT2D eigenvalue weighted by Gasteiger charge is 2.59. The highest BCUT2D eigenvalue weighted by molar-refractivity contribution is 5.09. The molecule has 4 saturated carbocycles. The molecule has 0 aromatic heterocycles. The molecule has 0 saturated heterocycles. The van der Waals surface area contributed by atoms with Crippen molar-refractivity contribution >= 4 is 0 Å². The average molecular weight is 392 g/mol. The van der Waals surface area contributed by atoms with E-state index in [2.05, 4.69) is 13.8 Å². The molecule has 0 aromatic carbocycles. The summed E-state index contributed by atoms with van der Waals surface area (Å²) in [5.41, 5.74) is 6.70. The van der Waals surface area contributed by atoms with Crippen LogP contribution >= 0.6 is 0 Å². The topological polar surface area (TPSA) is 66.5 Å². The van der Waals surface area contributed by atoms with Crippen LogP contribution in [0.1, 0.15) is 97.3 Å². The summed E-state index contributed by atoms with van der Waals surface area (Å²) in [6, 6.07) is 0. The highest BCUT2D eigenvalue weighted by Crippen LogP contribution is 2.65. The van der Waals surface area contributed by atoms with Crippen molar-refractivity contribution in [3.8, 4) is 0 Å². The first-order chi connectivity index (χ1) is 13.4. The lowest BCUT2D eigenvalue weighted by Crippen LogP contribution is -2.59. The van der Waals surface area contributed by atoms with Gasteiger partial charge < -0.3 is 15.9 Å². The van der Waals surface area contributed by atoms with Gasteiger partial charge in [-0.15, -0.1) is 0 Å². The summed E-state index contributed by atoms with van der Waals surface area (Å²) in [6.07, 6.45) is 15.6. The second-order valence-electron chi connectivity index (χ2n) is 11.5. The fourth-order valence-electron chi connectivity index (χ4n) is 8.81. The number of rotatable bonds is 4. The predicted octanol–water partition coefficient (Wildman–Crippen LogP) is 4.89. The molecule has 0 bridgehead atoms. The van der Waals surface area contributed by atoms with E-state index < -0.39 is 12.2 Å². The van der Waals surface area contributed by atoms with E-state index in [1.165, 1.54) is 57.8 Å². The monoisotopic (exact) mass is 391 g/mol. The second kappa shape index (κ2) is 8.19. The molecule has 0 aromatic rings. The van der Waals surface area contributed by atoms with Crippen molar-refractivity contribution in [1.29, 1.82) is 0 Å². The van der Waals surface area contributed by atoms with Crippen LogP contribution in [0.5, 0.6) is 0 Å². The lowest BCUT2D eigenvalue weighted by atomic mass is 9.42. The zero-order valence-corrected chi connectivity index (χ0v) is 18.4. The fourth-order valence-corrected chi connectivity index (χ4v) is 8.81. The minimum absolute atomic E-state index is 0.219. The summed E-state index contributed by atoms with van der Waals surface area (Å²) in [5.74, 6) is 3.55. The first-order valence-corrected chi connectivity index (χ1v) is 12.5. The third-order valence-corrected chi connectivity index (χ3v) is 10.4. The predicted molar refractivity (Wildman–Crippen MR) is 115 cm³/mol. The van der Waals surface area contributed by atoms with Gasteiger partial charge in [0.2, 0.25) is 0 Å². The van der Waals surface area contributed by atoms with E-state index >= 15 is 0 Å². The molecule has 162 valence electrons. The summed E-state index contributed by atoms with van der Waals surface area (Å²) in [6.45, 7) is 5.93. The molecule has 3 nitrogen and oxygen atoms in total. The van der Waals surface area contributed by atoms with E-state index in [0.717, 1.165) is 55.9 Å². The second-order valence-corrected chi connectivity index (χ2v) is 11.5. The van der Waals surface area contributed by atoms with Crippen LogP contribution in [0.4, 0.5) is 0 Å². The first kappa shape index (κ1) is 21.1. The quantitative estimate of drug-likeness (QED) is 0.639. The maximum absolute atomic E-state index is 10.8. The summed E-state index contributed by atoms with van der Waals surface area (Å²) < 4.78 is 0. The average Bonchev–Trinajstić information content (AvgIpc) is 2.71. The number of nitrogens with two attached hydrogens (primary N) is 1. The Morgan fingerprint density at radius 2 is 1.54 bits per heavy atom. The third kappa shape index (κ3) is 3.38. The zero-order valence-electron chi connectivity index (χ0n) is 18.4. The van der Waals surface area contributed by atoms with Crippen molar-refractivity contribution < 1.29 is 10.2 Å². The Morgan fingerprint density at radius 1 is 0.821 bits per heavy atom. The van der Waals surface area contributed by atoms with Gasteiger partial charge >= 0.3 is 0 Å². The lowest BCUT2D eigenvalue weighted by Gasteiger charge is -2.63. The minimum Gasteiger partial charge on any atom is -0.390 e. The van der Waals surface area contributed by atoms with Crippen LogP contribution in [0, 0.1) is 40.4 Å². The largest absolute Gasteiger partial charge is 0.390 e. The third-order valence-electron chi connectivity index (χ3n) is 10.4. The molecule has 4 fully saturated rings. The summed E-state index contributed by atoms with van der Waals surface area (Å²) >= 11 is 0.